The van der Waals surface area contributed by atoms with Gasteiger partial charge in [-0.2, -0.15) is 13.2 Å². The Morgan fingerprint density at radius 3 is 2.39 bits per heavy atom. The lowest BCUT2D eigenvalue weighted by Gasteiger charge is -2.43. The van der Waals surface area contributed by atoms with Crippen LogP contribution in [0.25, 0.3) is 0 Å². The van der Waals surface area contributed by atoms with E-state index < -0.39 is 35.4 Å². The first kappa shape index (κ1) is 29.8. The molecule has 7 atom stereocenters. The van der Waals surface area contributed by atoms with Gasteiger partial charge in [0.05, 0.1) is 28.1 Å². The lowest BCUT2D eigenvalue weighted by molar-refractivity contribution is -0.137. The van der Waals surface area contributed by atoms with Crippen LogP contribution in [0.3, 0.4) is 0 Å². The summed E-state index contributed by atoms with van der Waals surface area (Å²) in [6.45, 7) is 1.46. The number of thiazole rings is 1. The number of piperidine rings is 1. The van der Waals surface area contributed by atoms with Gasteiger partial charge >= 0.3 is 11.0 Å². The summed E-state index contributed by atoms with van der Waals surface area (Å²) >= 11 is 2.70. The van der Waals surface area contributed by atoms with Crippen molar-refractivity contribution in [1.29, 1.82) is 0 Å². The maximum absolute atomic E-state index is 13.9. The maximum atomic E-state index is 13.9. The molecule has 4 unspecified atom stereocenters. The number of likely N-dealkylation sites (tertiary alicyclic amines) is 1. The fourth-order valence-corrected chi connectivity index (χ4v) is 11.5. The average Bonchev–Trinajstić information content (AvgIpc) is 3.79. The number of carbonyl (C=O) groups is 3. The number of aromatic amines is 1. The van der Waals surface area contributed by atoms with Gasteiger partial charge in [0, 0.05) is 29.1 Å². The summed E-state index contributed by atoms with van der Waals surface area (Å²) in [7, 11) is 0. The monoisotopic (exact) mass is 669 g/mol. The number of alkyl halides is 3. The minimum Gasteiger partial charge on any atom is -0.484 e. The zero-order valence-corrected chi connectivity index (χ0v) is 26.1. The second kappa shape index (κ2) is 11.0. The number of anilines is 1. The minimum absolute atomic E-state index is 0.0378. The molecule has 46 heavy (non-hydrogen) atoms. The Bertz CT molecular complexity index is 1780. The third-order valence-corrected chi connectivity index (χ3v) is 13.1. The number of halogens is 3. The summed E-state index contributed by atoms with van der Waals surface area (Å²) in [5, 5.41) is 0.717. The van der Waals surface area contributed by atoms with E-state index in [1.165, 1.54) is 12.1 Å². The molecule has 3 amide bonds. The summed E-state index contributed by atoms with van der Waals surface area (Å²) in [6.07, 6.45) is -0.801. The van der Waals surface area contributed by atoms with Crippen LogP contribution in [0.5, 0.6) is 5.75 Å². The molecule has 1 N–H and O–H groups in total. The predicted molar refractivity (Wildman–Crippen MR) is 165 cm³/mol. The number of carbonyl (C=O) groups excluding carboxylic acids is 3. The van der Waals surface area contributed by atoms with Crippen molar-refractivity contribution in [2.75, 3.05) is 24.6 Å². The van der Waals surface area contributed by atoms with Crippen LogP contribution in [-0.4, -0.2) is 52.6 Å². The van der Waals surface area contributed by atoms with Gasteiger partial charge in [0.15, 0.2) is 6.61 Å². The first-order valence-electron chi connectivity index (χ1n) is 15.6. The number of fused-ring (bicyclic) bond motifs is 9. The molecule has 4 heterocycles. The number of benzene rings is 2. The number of rotatable bonds is 5. The van der Waals surface area contributed by atoms with Crippen LogP contribution >= 0.6 is 23.1 Å². The first-order valence-corrected chi connectivity index (χ1v) is 17.2. The van der Waals surface area contributed by atoms with Crippen molar-refractivity contribution >= 4 is 46.5 Å². The van der Waals surface area contributed by atoms with E-state index in [2.05, 4.69) is 4.98 Å². The summed E-state index contributed by atoms with van der Waals surface area (Å²) in [6, 6.07) is 11.9. The molecule has 3 aromatic rings. The van der Waals surface area contributed by atoms with Crippen LogP contribution < -0.4 is 14.5 Å². The van der Waals surface area contributed by atoms with E-state index in [4.69, 9.17) is 4.74 Å². The highest BCUT2D eigenvalue weighted by molar-refractivity contribution is 8.00. The molecule has 5 aliphatic rings. The number of hydrogen-bond acceptors (Lipinski definition) is 7. The van der Waals surface area contributed by atoms with Crippen molar-refractivity contribution < 1.29 is 32.3 Å². The summed E-state index contributed by atoms with van der Waals surface area (Å²) in [5.74, 6) is -2.20. The smallest absolute Gasteiger partial charge is 0.416 e. The van der Waals surface area contributed by atoms with Crippen molar-refractivity contribution in [2.45, 2.75) is 48.1 Å². The standard InChI is InChI=1S/C33H30F3N3O5S2/c34-33(35,36)17-5-4-6-18(13-17)39-30(41)25-20-14-21(26(25)31(39)42)27-24(20)23(28-29(45-27)37-32(43)46-28)16-7-9-19(10-8-16)44-15-22(40)38-11-2-1-3-12-38/h4-10,13,20-21,23-27H,1-3,11-12,14-15H2,(H,37,43)/t20-,21-,23-,24?,25?,26?,27?/m1/s1. The molecular weight excluding hydrogens is 640 g/mol. The topological polar surface area (TPSA) is 99.8 Å². The number of H-pyrrole nitrogens is 1. The molecule has 2 saturated heterocycles. The number of aromatic nitrogens is 1. The number of thioether (sulfide) groups is 1. The molecule has 8 rings (SSSR count). The molecule has 2 bridgehead atoms. The molecule has 240 valence electrons. The summed E-state index contributed by atoms with van der Waals surface area (Å²) < 4.78 is 46.3. The number of ether oxygens (including phenoxy) is 1. The predicted octanol–water partition coefficient (Wildman–Crippen LogP) is 5.52. The molecule has 3 aliphatic heterocycles. The molecule has 0 radical (unpaired) electrons. The number of amides is 3. The Hall–Kier alpha value is -3.58. The molecule has 2 saturated carbocycles. The fraction of sp³-hybridized carbons (Fsp3) is 0.455. The Morgan fingerprint density at radius 2 is 1.67 bits per heavy atom. The van der Waals surface area contributed by atoms with E-state index in [1.807, 2.05) is 29.2 Å². The number of nitrogens with zero attached hydrogens (tertiary/aromatic N) is 2. The average molecular weight is 670 g/mol. The van der Waals surface area contributed by atoms with E-state index in [1.54, 1.807) is 11.8 Å². The van der Waals surface area contributed by atoms with Crippen LogP contribution in [0.1, 0.15) is 47.6 Å². The van der Waals surface area contributed by atoms with Gasteiger partial charge in [-0.05, 0) is 79.3 Å². The molecule has 13 heteroatoms. The number of imide groups is 1. The summed E-state index contributed by atoms with van der Waals surface area (Å²) in [4.78, 5) is 59.4. The highest BCUT2D eigenvalue weighted by Gasteiger charge is 2.69. The van der Waals surface area contributed by atoms with Crippen molar-refractivity contribution in [1.82, 2.24) is 9.88 Å². The second-order valence-electron chi connectivity index (χ2n) is 12.8. The van der Waals surface area contributed by atoms with Gasteiger partial charge in [-0.25, -0.2) is 0 Å². The molecule has 0 spiro atoms. The highest BCUT2D eigenvalue weighted by atomic mass is 32.2. The van der Waals surface area contributed by atoms with E-state index >= 15 is 0 Å². The highest BCUT2D eigenvalue weighted by Crippen LogP contribution is 2.68. The lowest BCUT2D eigenvalue weighted by Crippen LogP contribution is -2.42. The normalized spacial score (nSPS) is 29.9. The fourth-order valence-electron chi connectivity index (χ4n) is 8.62. The molecule has 2 aliphatic carbocycles. The van der Waals surface area contributed by atoms with Crippen LogP contribution in [0.2, 0.25) is 0 Å². The Morgan fingerprint density at radius 1 is 0.957 bits per heavy atom. The summed E-state index contributed by atoms with van der Waals surface area (Å²) in [5.41, 5.74) is -0.0210. The Labute approximate surface area is 270 Å². The van der Waals surface area contributed by atoms with Gasteiger partial charge in [-0.1, -0.05) is 29.5 Å². The number of nitrogens with one attached hydrogen (secondary N) is 1. The van der Waals surface area contributed by atoms with E-state index in [9.17, 15) is 32.3 Å². The van der Waals surface area contributed by atoms with E-state index in [0.717, 1.165) is 76.2 Å². The van der Waals surface area contributed by atoms with Gasteiger partial charge in [-0.15, -0.1) is 11.8 Å². The first-order chi connectivity index (χ1) is 22.1. The van der Waals surface area contributed by atoms with Crippen molar-refractivity contribution in [3.63, 3.8) is 0 Å². The minimum atomic E-state index is -4.60. The zero-order valence-electron chi connectivity index (χ0n) is 24.5. The third kappa shape index (κ3) is 4.71. The van der Waals surface area contributed by atoms with E-state index in [-0.39, 0.29) is 52.0 Å². The van der Waals surface area contributed by atoms with Gasteiger partial charge in [0.25, 0.3) is 5.91 Å². The molecule has 4 fully saturated rings. The van der Waals surface area contributed by atoms with Gasteiger partial charge in [-0.3, -0.25) is 24.1 Å². The van der Waals surface area contributed by atoms with Crippen LogP contribution in [0.4, 0.5) is 18.9 Å². The van der Waals surface area contributed by atoms with Crippen LogP contribution in [0, 0.1) is 29.6 Å². The van der Waals surface area contributed by atoms with Crippen molar-refractivity contribution in [3.05, 3.63) is 74.2 Å². The van der Waals surface area contributed by atoms with Crippen LogP contribution in [0.15, 0.2) is 58.4 Å². The van der Waals surface area contributed by atoms with Gasteiger partial charge in [0.2, 0.25) is 11.8 Å². The van der Waals surface area contributed by atoms with Crippen molar-refractivity contribution in [2.24, 2.45) is 29.6 Å². The second-order valence-corrected chi connectivity index (χ2v) is 15.0. The Balaban J connectivity index is 1.08. The molecule has 1 aromatic heterocycles. The molecule has 8 nitrogen and oxygen atoms in total. The van der Waals surface area contributed by atoms with Gasteiger partial charge < -0.3 is 14.6 Å². The quantitative estimate of drug-likeness (QED) is 0.359. The SMILES string of the molecule is O=C(COc1ccc([C@H]2c3sc(=O)[nH]c3SC3C2[C@H]2C[C@@H]3C3C(=O)N(c4cccc(C(F)(F)F)c4)C(=O)C32)cc1)N1CCCCC1. The zero-order chi connectivity index (χ0) is 31.9. The Kier molecular flexibility index (Phi) is 7.13. The molecular formula is C33H30F3N3O5S2. The third-order valence-electron chi connectivity index (χ3n) is 10.5. The molecule has 2 aromatic carbocycles. The number of hydrogen-bond donors (Lipinski definition) is 1. The van der Waals surface area contributed by atoms with Gasteiger partial charge in [0.1, 0.15) is 5.75 Å². The van der Waals surface area contributed by atoms with E-state index in [0.29, 0.717) is 12.2 Å². The van der Waals surface area contributed by atoms with Crippen LogP contribution in [-0.2, 0) is 20.6 Å². The van der Waals surface area contributed by atoms with Crippen molar-refractivity contribution in [3.8, 4) is 5.75 Å². The lowest BCUT2D eigenvalue weighted by atomic mass is 9.68. The largest absolute Gasteiger partial charge is 0.484 e. The maximum Gasteiger partial charge on any atom is 0.416 e.